The first-order valence-corrected chi connectivity index (χ1v) is 9.55. The molecular formula is C20H16BrN3S. The van der Waals surface area contributed by atoms with Crippen molar-refractivity contribution in [3.63, 3.8) is 0 Å². The molecule has 0 radical (unpaired) electrons. The molecule has 0 amide bonds. The van der Waals surface area contributed by atoms with E-state index in [0.29, 0.717) is 0 Å². The van der Waals surface area contributed by atoms with Gasteiger partial charge in [0, 0.05) is 14.8 Å². The molecule has 4 aromatic rings. The van der Waals surface area contributed by atoms with E-state index in [4.69, 9.17) is 5.10 Å². The van der Waals surface area contributed by atoms with E-state index in [-0.39, 0.29) is 0 Å². The Morgan fingerprint density at radius 1 is 0.960 bits per heavy atom. The second kappa shape index (κ2) is 6.94. The van der Waals surface area contributed by atoms with Crippen LogP contribution in [-0.4, -0.2) is 9.78 Å². The fraction of sp³-hybridized carbons (Fsp3) is 0.0500. The topological polar surface area (TPSA) is 29.9 Å². The molecule has 25 heavy (non-hydrogen) atoms. The van der Waals surface area contributed by atoms with Gasteiger partial charge in [0.2, 0.25) is 0 Å². The molecule has 1 heterocycles. The van der Waals surface area contributed by atoms with Gasteiger partial charge in [-0.1, -0.05) is 52.3 Å². The predicted molar refractivity (Wildman–Crippen MR) is 109 cm³/mol. The Hall–Kier alpha value is -2.24. The van der Waals surface area contributed by atoms with Crippen LogP contribution >= 0.6 is 27.9 Å². The molecule has 3 nitrogen and oxygen atoms in total. The monoisotopic (exact) mass is 409 g/mol. The highest BCUT2D eigenvalue weighted by Crippen LogP contribution is 2.31. The third-order valence-electron chi connectivity index (χ3n) is 4.00. The molecule has 0 saturated carbocycles. The zero-order chi connectivity index (χ0) is 17.2. The quantitative estimate of drug-likeness (QED) is 0.406. The van der Waals surface area contributed by atoms with Crippen LogP contribution in [0.1, 0.15) is 5.56 Å². The maximum Gasteiger partial charge on any atom is 0.166 e. The number of fused-ring (bicyclic) bond motifs is 1. The fourth-order valence-electron chi connectivity index (χ4n) is 2.74. The summed E-state index contributed by atoms with van der Waals surface area (Å²) in [5.41, 5.74) is 3.34. The van der Waals surface area contributed by atoms with Gasteiger partial charge in [-0.05, 0) is 60.8 Å². The molecule has 1 N–H and O–H groups in total. The van der Waals surface area contributed by atoms with Crippen molar-refractivity contribution >= 4 is 44.6 Å². The van der Waals surface area contributed by atoms with Crippen molar-refractivity contribution in [2.24, 2.45) is 0 Å². The van der Waals surface area contributed by atoms with Crippen LogP contribution in [0.15, 0.2) is 82.2 Å². The molecule has 0 aliphatic heterocycles. The highest BCUT2D eigenvalue weighted by molar-refractivity contribution is 9.10. The molecule has 3 aromatic carbocycles. The molecule has 0 unspecified atom stereocenters. The summed E-state index contributed by atoms with van der Waals surface area (Å²) in [6.07, 6.45) is 0. The van der Waals surface area contributed by atoms with E-state index < -0.39 is 0 Å². The SMILES string of the molecule is Cc1ccccc1-n1nc(NSc2ccccc2)c2ccc(Br)cc21. The highest BCUT2D eigenvalue weighted by Gasteiger charge is 2.13. The van der Waals surface area contributed by atoms with Crippen LogP contribution in [0.2, 0.25) is 0 Å². The molecule has 1 aromatic heterocycles. The van der Waals surface area contributed by atoms with Crippen LogP contribution in [-0.2, 0) is 0 Å². The molecule has 0 bridgehead atoms. The molecule has 124 valence electrons. The van der Waals surface area contributed by atoms with E-state index >= 15 is 0 Å². The summed E-state index contributed by atoms with van der Waals surface area (Å²) in [7, 11) is 0. The number of halogens is 1. The Bertz CT molecular complexity index is 1030. The number of aryl methyl sites for hydroxylation is 1. The maximum absolute atomic E-state index is 4.84. The van der Waals surface area contributed by atoms with Crippen molar-refractivity contribution in [1.29, 1.82) is 0 Å². The molecule has 0 atom stereocenters. The number of para-hydroxylation sites is 1. The lowest BCUT2D eigenvalue weighted by atomic mass is 10.2. The van der Waals surface area contributed by atoms with Gasteiger partial charge in [0.25, 0.3) is 0 Å². The molecule has 0 spiro atoms. The number of hydrogen-bond acceptors (Lipinski definition) is 3. The van der Waals surface area contributed by atoms with Gasteiger partial charge in [-0.25, -0.2) is 4.68 Å². The maximum atomic E-state index is 4.84. The Labute approximate surface area is 159 Å². The smallest absolute Gasteiger partial charge is 0.166 e. The molecule has 0 aliphatic rings. The largest absolute Gasteiger partial charge is 0.308 e. The molecule has 0 aliphatic carbocycles. The first-order valence-electron chi connectivity index (χ1n) is 7.94. The average Bonchev–Trinajstić information content (AvgIpc) is 2.99. The van der Waals surface area contributed by atoms with Gasteiger partial charge in [0.05, 0.1) is 11.2 Å². The minimum atomic E-state index is 0.861. The van der Waals surface area contributed by atoms with Gasteiger partial charge in [0.1, 0.15) is 0 Å². The normalized spacial score (nSPS) is 11.0. The average molecular weight is 410 g/mol. The number of rotatable bonds is 4. The zero-order valence-electron chi connectivity index (χ0n) is 13.6. The summed E-state index contributed by atoms with van der Waals surface area (Å²) < 4.78 is 6.44. The number of benzene rings is 3. The second-order valence-electron chi connectivity index (χ2n) is 5.73. The number of nitrogens with zero attached hydrogens (tertiary/aromatic N) is 2. The molecule has 4 rings (SSSR count). The summed E-state index contributed by atoms with van der Waals surface area (Å²) in [5, 5.41) is 5.93. The first-order chi connectivity index (χ1) is 12.2. The van der Waals surface area contributed by atoms with Crippen molar-refractivity contribution in [2.75, 3.05) is 4.72 Å². The summed E-state index contributed by atoms with van der Waals surface area (Å²) in [6.45, 7) is 2.10. The number of aromatic nitrogens is 2. The first kappa shape index (κ1) is 16.2. The Kier molecular flexibility index (Phi) is 4.51. The van der Waals surface area contributed by atoms with Crippen molar-refractivity contribution in [1.82, 2.24) is 9.78 Å². The minimum absolute atomic E-state index is 0.861. The minimum Gasteiger partial charge on any atom is -0.308 e. The van der Waals surface area contributed by atoms with E-state index in [9.17, 15) is 0 Å². The number of anilines is 1. The summed E-state index contributed by atoms with van der Waals surface area (Å²) >= 11 is 5.14. The van der Waals surface area contributed by atoms with Gasteiger partial charge in [-0.3, -0.25) is 0 Å². The lowest BCUT2D eigenvalue weighted by Crippen LogP contribution is -1.99. The summed E-state index contributed by atoms with van der Waals surface area (Å²) in [5.74, 6) is 0.861. The second-order valence-corrected chi connectivity index (χ2v) is 7.52. The van der Waals surface area contributed by atoms with E-state index in [1.54, 1.807) is 11.9 Å². The van der Waals surface area contributed by atoms with Crippen LogP contribution in [0.5, 0.6) is 0 Å². The van der Waals surface area contributed by atoms with E-state index in [1.807, 2.05) is 41.1 Å². The van der Waals surface area contributed by atoms with Crippen molar-refractivity contribution in [3.8, 4) is 5.69 Å². The van der Waals surface area contributed by atoms with E-state index in [2.05, 4.69) is 64.0 Å². The Morgan fingerprint density at radius 3 is 2.52 bits per heavy atom. The van der Waals surface area contributed by atoms with Gasteiger partial charge >= 0.3 is 0 Å². The van der Waals surface area contributed by atoms with Crippen LogP contribution in [0, 0.1) is 6.92 Å². The lowest BCUT2D eigenvalue weighted by molar-refractivity contribution is 0.908. The van der Waals surface area contributed by atoms with Crippen LogP contribution in [0.4, 0.5) is 5.82 Å². The predicted octanol–water partition coefficient (Wildman–Crippen LogP) is 6.22. The van der Waals surface area contributed by atoms with Crippen LogP contribution in [0.25, 0.3) is 16.6 Å². The highest BCUT2D eigenvalue weighted by atomic mass is 79.9. The molecule has 5 heteroatoms. The number of nitrogens with one attached hydrogen (secondary N) is 1. The van der Waals surface area contributed by atoms with Crippen molar-refractivity contribution in [2.45, 2.75) is 11.8 Å². The van der Waals surface area contributed by atoms with Crippen LogP contribution in [0.3, 0.4) is 0 Å². The van der Waals surface area contributed by atoms with Gasteiger partial charge in [0.15, 0.2) is 5.82 Å². The van der Waals surface area contributed by atoms with E-state index in [1.165, 1.54) is 5.56 Å². The third-order valence-corrected chi connectivity index (χ3v) is 5.29. The lowest BCUT2D eigenvalue weighted by Gasteiger charge is -2.06. The van der Waals surface area contributed by atoms with Gasteiger partial charge in [-0.2, -0.15) is 0 Å². The fourth-order valence-corrected chi connectivity index (χ4v) is 3.75. The number of hydrogen-bond donors (Lipinski definition) is 1. The third kappa shape index (κ3) is 3.30. The van der Waals surface area contributed by atoms with Crippen LogP contribution < -0.4 is 4.72 Å². The van der Waals surface area contributed by atoms with Crippen molar-refractivity contribution in [3.05, 3.63) is 82.8 Å². The molecule has 0 fully saturated rings. The summed E-state index contributed by atoms with van der Waals surface area (Å²) in [6, 6.07) is 24.8. The summed E-state index contributed by atoms with van der Waals surface area (Å²) in [4.78, 5) is 1.15. The van der Waals surface area contributed by atoms with E-state index in [0.717, 1.165) is 31.8 Å². The molecule has 0 saturated heterocycles. The van der Waals surface area contributed by atoms with Gasteiger partial charge < -0.3 is 4.72 Å². The Morgan fingerprint density at radius 2 is 1.72 bits per heavy atom. The standard InChI is InChI=1S/C20H16BrN3S/c1-14-7-5-6-10-18(14)24-19-13-15(21)11-12-17(19)20(22-24)23-25-16-8-3-2-4-9-16/h2-13H,1H3,(H,22,23). The molecular weight excluding hydrogens is 394 g/mol. The van der Waals surface area contributed by atoms with Crippen molar-refractivity contribution < 1.29 is 0 Å². The Balaban J connectivity index is 1.79. The van der Waals surface area contributed by atoms with Gasteiger partial charge in [-0.15, -0.1) is 5.10 Å². The zero-order valence-corrected chi connectivity index (χ0v) is 16.0.